The Bertz CT molecular complexity index is 231. The van der Waals surface area contributed by atoms with E-state index in [9.17, 15) is 9.90 Å². The van der Waals surface area contributed by atoms with Crippen LogP contribution in [0.3, 0.4) is 0 Å². The molecule has 2 N–H and O–H groups in total. The number of hydrogen-bond acceptors (Lipinski definition) is 2. The number of amides is 1. The molecule has 0 heterocycles. The van der Waals surface area contributed by atoms with E-state index in [0.29, 0.717) is 6.42 Å². The molecule has 18 heavy (non-hydrogen) atoms. The van der Waals surface area contributed by atoms with Gasteiger partial charge in [0.1, 0.15) is 0 Å². The molecule has 0 saturated heterocycles. The molecule has 0 aromatic heterocycles. The maximum absolute atomic E-state index is 11.7. The van der Waals surface area contributed by atoms with Crippen LogP contribution in [-0.2, 0) is 4.79 Å². The van der Waals surface area contributed by atoms with Gasteiger partial charge in [-0.15, -0.1) is 0 Å². The molecule has 3 heteroatoms. The van der Waals surface area contributed by atoms with Gasteiger partial charge in [0, 0.05) is 6.42 Å². The van der Waals surface area contributed by atoms with Gasteiger partial charge in [0.25, 0.3) is 0 Å². The fourth-order valence-corrected chi connectivity index (χ4v) is 2.62. The van der Waals surface area contributed by atoms with Crippen molar-refractivity contribution in [3.8, 4) is 0 Å². The van der Waals surface area contributed by atoms with Crippen LogP contribution in [0.25, 0.3) is 0 Å². The molecule has 1 amide bonds. The second kappa shape index (κ2) is 9.37. The van der Waals surface area contributed by atoms with Crippen LogP contribution >= 0.6 is 0 Å². The minimum Gasteiger partial charge on any atom is -0.391 e. The second-order valence-electron chi connectivity index (χ2n) is 5.54. The summed E-state index contributed by atoms with van der Waals surface area (Å²) in [5, 5.41) is 12.8. The van der Waals surface area contributed by atoms with Gasteiger partial charge in [0.15, 0.2) is 0 Å². The number of hydrogen-bond donors (Lipinski definition) is 2. The maximum atomic E-state index is 11.7. The van der Waals surface area contributed by atoms with Gasteiger partial charge in [0.05, 0.1) is 12.1 Å². The average molecular weight is 255 g/mol. The summed E-state index contributed by atoms with van der Waals surface area (Å²) in [5.74, 6) is 0.122. The van der Waals surface area contributed by atoms with E-state index in [1.807, 2.05) is 0 Å². The van der Waals surface area contributed by atoms with Crippen molar-refractivity contribution in [1.82, 2.24) is 5.32 Å². The molecule has 0 unspecified atom stereocenters. The molecule has 1 rings (SSSR count). The lowest BCUT2D eigenvalue weighted by Crippen LogP contribution is -2.44. The Balaban J connectivity index is 2.02. The van der Waals surface area contributed by atoms with Crippen LogP contribution in [0.2, 0.25) is 0 Å². The van der Waals surface area contributed by atoms with E-state index in [-0.39, 0.29) is 18.1 Å². The average Bonchev–Trinajstić information content (AvgIpc) is 2.36. The Morgan fingerprint density at radius 1 is 1.11 bits per heavy atom. The Kier molecular flexibility index (Phi) is 8.06. The summed E-state index contributed by atoms with van der Waals surface area (Å²) in [7, 11) is 0. The van der Waals surface area contributed by atoms with E-state index in [1.165, 1.54) is 25.7 Å². The molecule has 0 bridgehead atoms. The number of unbranched alkanes of at least 4 members (excludes halogenated alkanes) is 5. The minimum atomic E-state index is -0.327. The molecule has 1 aliphatic carbocycles. The largest absolute Gasteiger partial charge is 0.391 e. The van der Waals surface area contributed by atoms with E-state index >= 15 is 0 Å². The first kappa shape index (κ1) is 15.5. The normalized spacial score (nSPS) is 23.9. The van der Waals surface area contributed by atoms with Crippen LogP contribution in [0.15, 0.2) is 0 Å². The number of carbonyl (C=O) groups is 1. The second-order valence-corrected chi connectivity index (χ2v) is 5.54. The molecule has 1 aliphatic rings. The highest BCUT2D eigenvalue weighted by molar-refractivity contribution is 5.76. The summed E-state index contributed by atoms with van der Waals surface area (Å²) in [4.78, 5) is 11.7. The molecule has 2 atom stereocenters. The zero-order valence-electron chi connectivity index (χ0n) is 11.8. The van der Waals surface area contributed by atoms with Crippen molar-refractivity contribution in [1.29, 1.82) is 0 Å². The first-order valence-electron chi connectivity index (χ1n) is 7.71. The van der Waals surface area contributed by atoms with Gasteiger partial charge in [-0.05, 0) is 19.3 Å². The molecule has 0 aromatic rings. The Labute approximate surface area is 111 Å². The van der Waals surface area contributed by atoms with Gasteiger partial charge in [-0.2, -0.15) is 0 Å². The Hall–Kier alpha value is -0.570. The van der Waals surface area contributed by atoms with Gasteiger partial charge in [-0.1, -0.05) is 51.9 Å². The smallest absolute Gasteiger partial charge is 0.220 e. The van der Waals surface area contributed by atoms with Gasteiger partial charge >= 0.3 is 0 Å². The third-order valence-corrected chi connectivity index (χ3v) is 3.83. The lowest BCUT2D eigenvalue weighted by molar-refractivity contribution is -0.123. The third-order valence-electron chi connectivity index (χ3n) is 3.83. The summed E-state index contributed by atoms with van der Waals surface area (Å²) >= 11 is 0. The minimum absolute atomic E-state index is 0.00587. The fourth-order valence-electron chi connectivity index (χ4n) is 2.62. The summed E-state index contributed by atoms with van der Waals surface area (Å²) in [6, 6.07) is 0.00587. The number of rotatable bonds is 8. The van der Waals surface area contributed by atoms with Crippen LogP contribution in [0.1, 0.15) is 77.6 Å². The van der Waals surface area contributed by atoms with Crippen LogP contribution < -0.4 is 5.32 Å². The molecule has 0 spiro atoms. The van der Waals surface area contributed by atoms with Crippen LogP contribution in [0, 0.1) is 0 Å². The van der Waals surface area contributed by atoms with Crippen molar-refractivity contribution in [3.05, 3.63) is 0 Å². The SMILES string of the molecule is CCCCCCCCC(=O)N[C@@H]1CCCC[C@H]1O. The Morgan fingerprint density at radius 2 is 1.78 bits per heavy atom. The zero-order chi connectivity index (χ0) is 13.2. The monoisotopic (exact) mass is 255 g/mol. The maximum Gasteiger partial charge on any atom is 0.220 e. The number of aliphatic hydroxyl groups excluding tert-OH is 1. The van der Waals surface area contributed by atoms with Crippen molar-refractivity contribution in [3.63, 3.8) is 0 Å². The lowest BCUT2D eigenvalue weighted by atomic mass is 9.92. The number of nitrogens with one attached hydrogen (secondary N) is 1. The van der Waals surface area contributed by atoms with Gasteiger partial charge < -0.3 is 10.4 Å². The fraction of sp³-hybridized carbons (Fsp3) is 0.933. The van der Waals surface area contributed by atoms with E-state index in [4.69, 9.17) is 0 Å². The number of carbonyl (C=O) groups excluding carboxylic acids is 1. The number of aliphatic hydroxyl groups is 1. The van der Waals surface area contributed by atoms with Crippen molar-refractivity contribution < 1.29 is 9.90 Å². The van der Waals surface area contributed by atoms with E-state index < -0.39 is 0 Å². The van der Waals surface area contributed by atoms with Crippen LogP contribution in [-0.4, -0.2) is 23.2 Å². The van der Waals surface area contributed by atoms with E-state index in [2.05, 4.69) is 12.2 Å². The molecule has 0 aromatic carbocycles. The van der Waals surface area contributed by atoms with Gasteiger partial charge in [0.2, 0.25) is 5.91 Å². The first-order valence-corrected chi connectivity index (χ1v) is 7.71. The third kappa shape index (κ3) is 6.39. The molecule has 3 nitrogen and oxygen atoms in total. The first-order chi connectivity index (χ1) is 8.74. The molecule has 0 radical (unpaired) electrons. The molecular weight excluding hydrogens is 226 g/mol. The molecule has 1 fully saturated rings. The predicted octanol–water partition coefficient (Wildman–Crippen LogP) is 3.16. The van der Waals surface area contributed by atoms with Gasteiger partial charge in [-0.3, -0.25) is 4.79 Å². The molecule has 106 valence electrons. The predicted molar refractivity (Wildman–Crippen MR) is 74.4 cm³/mol. The van der Waals surface area contributed by atoms with E-state index in [0.717, 1.165) is 38.5 Å². The van der Waals surface area contributed by atoms with Crippen LogP contribution in [0.4, 0.5) is 0 Å². The summed E-state index contributed by atoms with van der Waals surface area (Å²) in [6.07, 6.45) is 11.5. The summed E-state index contributed by atoms with van der Waals surface area (Å²) < 4.78 is 0. The van der Waals surface area contributed by atoms with Crippen molar-refractivity contribution in [2.45, 2.75) is 89.7 Å². The molecule has 1 saturated carbocycles. The highest BCUT2D eigenvalue weighted by Crippen LogP contribution is 2.18. The van der Waals surface area contributed by atoms with Crippen molar-refractivity contribution in [2.75, 3.05) is 0 Å². The van der Waals surface area contributed by atoms with Crippen molar-refractivity contribution in [2.24, 2.45) is 0 Å². The van der Waals surface area contributed by atoms with Gasteiger partial charge in [-0.25, -0.2) is 0 Å². The summed E-state index contributed by atoms with van der Waals surface area (Å²) in [5.41, 5.74) is 0. The van der Waals surface area contributed by atoms with E-state index in [1.54, 1.807) is 0 Å². The highest BCUT2D eigenvalue weighted by Gasteiger charge is 2.23. The Morgan fingerprint density at radius 3 is 2.50 bits per heavy atom. The lowest BCUT2D eigenvalue weighted by Gasteiger charge is -2.28. The quantitative estimate of drug-likeness (QED) is 0.655. The zero-order valence-corrected chi connectivity index (χ0v) is 11.8. The summed E-state index contributed by atoms with van der Waals surface area (Å²) in [6.45, 7) is 2.21. The van der Waals surface area contributed by atoms with Crippen LogP contribution in [0.5, 0.6) is 0 Å². The highest BCUT2D eigenvalue weighted by atomic mass is 16.3. The standard InChI is InChI=1S/C15H29NO2/c1-2-3-4-5-6-7-12-15(18)16-13-10-8-9-11-14(13)17/h13-14,17H,2-12H2,1H3,(H,16,18)/t13-,14-/m1/s1. The topological polar surface area (TPSA) is 49.3 Å². The molecule has 0 aliphatic heterocycles. The molecular formula is C15H29NO2. The van der Waals surface area contributed by atoms with Crippen molar-refractivity contribution >= 4 is 5.91 Å².